The van der Waals surface area contributed by atoms with Crippen LogP contribution in [0.1, 0.15) is 141 Å². The van der Waals surface area contributed by atoms with Gasteiger partial charge in [0.1, 0.15) is 35.9 Å². The van der Waals surface area contributed by atoms with Gasteiger partial charge in [0.05, 0.1) is 16.9 Å². The van der Waals surface area contributed by atoms with Gasteiger partial charge in [-0.3, -0.25) is 23.5 Å². The predicted octanol–water partition coefficient (Wildman–Crippen LogP) is 8.72. The SMILES string of the molecule is CC1(C)C(/C=C/C2=C(Oc3ccc(C[C@H](NC(=O)CCCCC(=O)CC[C@@H](NC(=O)NCCCC(=O)O)C(=O)O)C(=O)O)cc3)C(=C/C=C3/N(CCCCS(=O)(=O)O)c4ccccc4C3(C)C)/CCC2)=[N+](CCCCS(=O)(=O)O)c2ccccc21. The van der Waals surface area contributed by atoms with Crippen LogP contribution in [0.15, 0.2) is 120 Å². The van der Waals surface area contributed by atoms with Gasteiger partial charge >= 0.3 is 23.9 Å². The van der Waals surface area contributed by atoms with Crippen LogP contribution in [0.2, 0.25) is 0 Å². The average Bonchev–Trinajstić information content (AvgIpc) is 1.72. The van der Waals surface area contributed by atoms with Gasteiger partial charge in [-0.1, -0.05) is 68.5 Å². The Kier molecular flexibility index (Phi) is 23.6. The summed E-state index contributed by atoms with van der Waals surface area (Å²) in [6, 6.07) is 19.7. The Morgan fingerprint density at radius 2 is 1.33 bits per heavy atom. The second-order valence-corrected chi connectivity index (χ2v) is 25.9. The molecule has 0 bridgehead atoms. The molecule has 3 aromatic carbocycles. The highest BCUT2D eigenvalue weighted by Gasteiger charge is 2.44. The van der Waals surface area contributed by atoms with Crippen LogP contribution < -0.4 is 25.6 Å². The average molecular weight is 1220 g/mol. The number of ether oxygens (including phenoxy) is 1. The fourth-order valence-corrected chi connectivity index (χ4v) is 12.2. The number of benzene rings is 3. The van der Waals surface area contributed by atoms with E-state index in [4.69, 9.17) is 9.84 Å². The molecule has 0 unspecified atom stereocenters. The molecule has 0 fully saturated rings. The van der Waals surface area contributed by atoms with E-state index in [2.05, 4.69) is 89.6 Å². The number of Topliss-reactive ketones (excluding diaryl/α,β-unsaturated/α-hetero) is 1. The number of carbonyl (C=O) groups is 6. The van der Waals surface area contributed by atoms with E-state index in [-0.39, 0.29) is 94.5 Å². The van der Waals surface area contributed by atoms with Crippen LogP contribution in [0, 0.1) is 0 Å². The monoisotopic (exact) mass is 1210 g/mol. The molecule has 0 radical (unpaired) electrons. The number of allylic oxidation sites excluding steroid dienone is 7. The van der Waals surface area contributed by atoms with Gasteiger partial charge in [0, 0.05) is 86.1 Å². The topological polar surface area (TPSA) is 323 Å². The molecule has 85 heavy (non-hydrogen) atoms. The Labute approximate surface area is 497 Å². The number of para-hydroxylation sites is 2. The highest BCUT2D eigenvalue weighted by molar-refractivity contribution is 7.86. The number of nitrogens with one attached hydrogen (secondary N) is 3. The molecular weight excluding hydrogens is 1130 g/mol. The Hall–Kier alpha value is -7.47. The number of unbranched alkanes of at least 4 members (excludes halogenated alkanes) is 3. The van der Waals surface area contributed by atoms with Gasteiger partial charge in [0.25, 0.3) is 20.2 Å². The fraction of sp³-hybridized carbons (Fsp3) is 0.468. The minimum Gasteiger partial charge on any atom is -0.481 e. The number of fused-ring (bicyclic) bond motifs is 2. The van der Waals surface area contributed by atoms with Crippen LogP contribution in [0.4, 0.5) is 16.2 Å². The highest BCUT2D eigenvalue weighted by atomic mass is 32.2. The van der Waals surface area contributed by atoms with E-state index in [1.165, 1.54) is 0 Å². The maximum absolute atomic E-state index is 13.0. The number of anilines is 1. The molecule has 0 spiro atoms. The molecule has 21 nitrogen and oxygen atoms in total. The molecule has 3 aliphatic rings. The molecule has 8 N–H and O–H groups in total. The number of ketones is 1. The van der Waals surface area contributed by atoms with E-state index in [1.807, 2.05) is 36.4 Å². The van der Waals surface area contributed by atoms with Crippen LogP contribution in [-0.2, 0) is 61.5 Å². The number of carboxylic acid groups (broad SMARTS) is 3. The van der Waals surface area contributed by atoms with Crippen molar-refractivity contribution in [3.05, 3.63) is 136 Å². The Morgan fingerprint density at radius 1 is 0.682 bits per heavy atom. The number of nitrogens with zero attached hydrogens (tertiary/aromatic N) is 2. The Bertz CT molecular complexity index is 3340. The summed E-state index contributed by atoms with van der Waals surface area (Å²) in [5.41, 5.74) is 7.76. The van der Waals surface area contributed by atoms with Gasteiger partial charge in [-0.2, -0.15) is 21.4 Å². The highest BCUT2D eigenvalue weighted by Crippen LogP contribution is 2.48. The molecule has 3 aromatic rings. The lowest BCUT2D eigenvalue weighted by atomic mass is 9.81. The van der Waals surface area contributed by atoms with E-state index in [0.717, 1.165) is 51.5 Å². The van der Waals surface area contributed by atoms with Crippen molar-refractivity contribution >= 4 is 73.0 Å². The quantitative estimate of drug-likeness (QED) is 0.0160. The standard InChI is InChI=1S/C62H79N5O16S2/c1-61(2)47-20-6-8-22-51(47)66(37-11-13-39-84(77,78)79)53(61)34-28-43-17-15-18-44(29-35-54-62(3,4)48-21-7-9-23-52(48)67(54)38-12-14-40-85(80,81)82)57(43)83-46-31-26-42(27-32-46)41-50(59(74)75)64-55(69)24-10-5-19-45(68)30-33-49(58(72)73)65-60(76)63-36-16-25-56(70)71/h6-9,20-23,26-29,31-32,34-35,49-50H,5,10-19,24-25,30,33,36-41H2,1-4H3,(H7-,63,64,65,69,70,71,72,73,74,75,76,77,78,79,80,81,82)/p+1/t49-,50+/m1/s1. The summed E-state index contributed by atoms with van der Waals surface area (Å²) in [4.78, 5) is 74.8. The first-order valence-electron chi connectivity index (χ1n) is 28.8. The normalized spacial score (nSPS) is 17.2. The Morgan fingerprint density at radius 3 is 2.00 bits per heavy atom. The van der Waals surface area contributed by atoms with Crippen LogP contribution in [0.25, 0.3) is 0 Å². The number of hydrogen-bond acceptors (Lipinski definition) is 12. The van der Waals surface area contributed by atoms with Crippen molar-refractivity contribution in [3.63, 3.8) is 0 Å². The number of urea groups is 1. The second kappa shape index (κ2) is 30.1. The first kappa shape index (κ1) is 66.7. The van der Waals surface area contributed by atoms with Gasteiger partial charge in [-0.05, 0) is 131 Å². The van der Waals surface area contributed by atoms with Crippen LogP contribution in [-0.4, -0.2) is 130 Å². The lowest BCUT2D eigenvalue weighted by Crippen LogP contribution is -2.46. The van der Waals surface area contributed by atoms with Crippen LogP contribution in [0.3, 0.4) is 0 Å². The number of rotatable bonds is 33. The third kappa shape index (κ3) is 19.5. The zero-order valence-electron chi connectivity index (χ0n) is 48.7. The summed E-state index contributed by atoms with van der Waals surface area (Å²) in [5.74, 6) is -4.03. The maximum atomic E-state index is 13.0. The smallest absolute Gasteiger partial charge is 0.326 e. The zero-order valence-corrected chi connectivity index (χ0v) is 50.3. The van der Waals surface area contributed by atoms with Crippen molar-refractivity contribution in [2.24, 2.45) is 0 Å². The molecule has 6 rings (SSSR count). The molecule has 0 aromatic heterocycles. The van der Waals surface area contributed by atoms with Crippen molar-refractivity contribution < 1.29 is 79.3 Å². The summed E-state index contributed by atoms with van der Waals surface area (Å²) in [7, 11) is -8.25. The minimum atomic E-state index is -4.13. The lowest BCUT2D eigenvalue weighted by molar-refractivity contribution is -0.438. The van der Waals surface area contributed by atoms with Gasteiger partial charge < -0.3 is 40.9 Å². The van der Waals surface area contributed by atoms with E-state index in [1.54, 1.807) is 24.3 Å². The van der Waals surface area contributed by atoms with Gasteiger partial charge in [0.15, 0.2) is 5.71 Å². The van der Waals surface area contributed by atoms with Gasteiger partial charge in [0.2, 0.25) is 11.6 Å². The zero-order chi connectivity index (χ0) is 62.1. The van der Waals surface area contributed by atoms with Crippen molar-refractivity contribution in [2.45, 2.75) is 153 Å². The first-order chi connectivity index (χ1) is 40.1. The summed E-state index contributed by atoms with van der Waals surface area (Å²) in [6.45, 7) is 9.62. The van der Waals surface area contributed by atoms with Crippen LogP contribution in [0.5, 0.6) is 5.75 Å². The minimum absolute atomic E-state index is 0.0214. The second-order valence-electron chi connectivity index (χ2n) is 22.7. The molecule has 460 valence electrons. The lowest BCUT2D eigenvalue weighted by Gasteiger charge is -2.27. The Balaban J connectivity index is 1.20. The molecule has 2 atom stereocenters. The van der Waals surface area contributed by atoms with Gasteiger partial charge in [-0.25, -0.2) is 14.4 Å². The number of carboxylic acids is 3. The fourth-order valence-electron chi connectivity index (χ4n) is 11.0. The van der Waals surface area contributed by atoms with E-state index in [9.17, 15) is 64.9 Å². The maximum Gasteiger partial charge on any atom is 0.326 e. The van der Waals surface area contributed by atoms with E-state index < -0.39 is 73.0 Å². The van der Waals surface area contributed by atoms with Crippen molar-refractivity contribution in [1.29, 1.82) is 0 Å². The van der Waals surface area contributed by atoms with Crippen molar-refractivity contribution in [3.8, 4) is 5.75 Å². The summed E-state index contributed by atoms with van der Waals surface area (Å²) in [5, 5.41) is 35.7. The molecular formula is C62H80N5O16S2+. The molecule has 3 amide bonds. The third-order valence-electron chi connectivity index (χ3n) is 15.5. The van der Waals surface area contributed by atoms with Crippen molar-refractivity contribution in [1.82, 2.24) is 16.0 Å². The number of aliphatic carboxylic acids is 3. The molecule has 0 saturated heterocycles. The number of carbonyl (C=O) groups excluding carboxylic acids is 3. The summed E-state index contributed by atoms with van der Waals surface area (Å²) in [6.07, 6.45) is 12.1. The first-order valence-corrected chi connectivity index (χ1v) is 32.0. The number of hydrogen-bond donors (Lipinski definition) is 8. The largest absolute Gasteiger partial charge is 0.481 e. The summed E-state index contributed by atoms with van der Waals surface area (Å²) < 4.78 is 74.5. The van der Waals surface area contributed by atoms with E-state index in [0.29, 0.717) is 55.8 Å². The molecule has 23 heteroatoms. The number of amides is 3. The molecule has 2 aliphatic heterocycles. The van der Waals surface area contributed by atoms with Crippen LogP contribution >= 0.6 is 0 Å². The predicted molar refractivity (Wildman–Crippen MR) is 321 cm³/mol. The summed E-state index contributed by atoms with van der Waals surface area (Å²) >= 11 is 0. The van der Waals surface area contributed by atoms with Gasteiger partial charge in [-0.15, -0.1) is 0 Å². The molecule has 2 heterocycles. The molecule has 1 aliphatic carbocycles. The van der Waals surface area contributed by atoms with Crippen molar-refractivity contribution in [2.75, 3.05) is 36.0 Å². The third-order valence-corrected chi connectivity index (χ3v) is 17.1. The molecule has 0 saturated carbocycles. The van der Waals surface area contributed by atoms with E-state index >= 15 is 0 Å².